The van der Waals surface area contributed by atoms with Crippen LogP contribution in [0.25, 0.3) is 5.57 Å². The van der Waals surface area contributed by atoms with E-state index in [2.05, 4.69) is 56.0 Å². The van der Waals surface area contributed by atoms with Gasteiger partial charge in [-0.25, -0.2) is 0 Å². The molecule has 0 atom stereocenters. The minimum Gasteiger partial charge on any atom is -0.103 e. The summed E-state index contributed by atoms with van der Waals surface area (Å²) in [4.78, 5) is 0. The predicted molar refractivity (Wildman–Crippen MR) is 73.4 cm³/mol. The highest BCUT2D eigenvalue weighted by Crippen LogP contribution is 2.21. The summed E-state index contributed by atoms with van der Waals surface area (Å²) in [5.74, 6) is 0. The molecule has 0 amide bonds. The van der Waals surface area contributed by atoms with Crippen molar-refractivity contribution in [1.29, 1.82) is 0 Å². The highest BCUT2D eigenvalue weighted by atomic mass is 14.0. The van der Waals surface area contributed by atoms with Crippen molar-refractivity contribution in [1.82, 2.24) is 0 Å². The number of hydrogen-bond donors (Lipinski definition) is 0. The van der Waals surface area contributed by atoms with Gasteiger partial charge in [0.05, 0.1) is 0 Å². The molecule has 1 aromatic carbocycles. The van der Waals surface area contributed by atoms with Crippen LogP contribution in [-0.2, 0) is 0 Å². The first kappa shape index (κ1) is 12.5. The molecule has 16 heavy (non-hydrogen) atoms. The van der Waals surface area contributed by atoms with Crippen LogP contribution in [0.5, 0.6) is 0 Å². The zero-order valence-electron chi connectivity index (χ0n) is 10.2. The van der Waals surface area contributed by atoms with Gasteiger partial charge in [0.25, 0.3) is 0 Å². The number of allylic oxidation sites excluding steroid dienone is 5. The quantitative estimate of drug-likeness (QED) is 0.579. The van der Waals surface area contributed by atoms with Crippen LogP contribution < -0.4 is 0 Å². The average molecular weight is 212 g/mol. The van der Waals surface area contributed by atoms with Crippen LogP contribution in [0.1, 0.15) is 30.9 Å². The molecule has 84 valence electrons. The third kappa shape index (κ3) is 3.90. The number of hydrogen-bond acceptors (Lipinski definition) is 0. The van der Waals surface area contributed by atoms with E-state index in [0.717, 1.165) is 0 Å². The largest absolute Gasteiger partial charge is 0.103 e. The van der Waals surface area contributed by atoms with E-state index >= 15 is 0 Å². The van der Waals surface area contributed by atoms with Crippen LogP contribution in [0, 0.1) is 6.92 Å². The molecular weight excluding hydrogens is 192 g/mol. The molecule has 0 saturated carbocycles. The Morgan fingerprint density at radius 2 is 1.75 bits per heavy atom. The van der Waals surface area contributed by atoms with Crippen molar-refractivity contribution in [3.63, 3.8) is 0 Å². The first-order valence-electron chi connectivity index (χ1n) is 5.78. The van der Waals surface area contributed by atoms with Gasteiger partial charge in [-0.3, -0.25) is 0 Å². The summed E-state index contributed by atoms with van der Waals surface area (Å²) in [5, 5.41) is 0. The third-order valence-electron chi connectivity index (χ3n) is 2.38. The molecular formula is C16H20. The van der Waals surface area contributed by atoms with Crippen molar-refractivity contribution < 1.29 is 0 Å². The molecule has 0 aromatic heterocycles. The lowest BCUT2D eigenvalue weighted by atomic mass is 9.99. The first-order valence-corrected chi connectivity index (χ1v) is 5.78. The van der Waals surface area contributed by atoms with Gasteiger partial charge in [-0.05, 0) is 37.8 Å². The van der Waals surface area contributed by atoms with Crippen molar-refractivity contribution in [3.8, 4) is 0 Å². The lowest BCUT2D eigenvalue weighted by molar-refractivity contribution is 1.04. The van der Waals surface area contributed by atoms with Crippen LogP contribution in [0.3, 0.4) is 0 Å². The summed E-state index contributed by atoms with van der Waals surface area (Å²) in [6.07, 6.45) is 10.9. The summed E-state index contributed by atoms with van der Waals surface area (Å²) in [5.41, 5.74) is 4.02. The molecule has 0 heterocycles. The SMILES string of the molecule is C=CC.Cc1ccc(C2=CCCC=C2)cc1. The summed E-state index contributed by atoms with van der Waals surface area (Å²) in [6.45, 7) is 7.37. The zero-order chi connectivity index (χ0) is 11.8. The van der Waals surface area contributed by atoms with Gasteiger partial charge in [0.1, 0.15) is 0 Å². The molecule has 0 fully saturated rings. The molecule has 0 aliphatic heterocycles. The van der Waals surface area contributed by atoms with E-state index in [1.165, 1.54) is 29.5 Å². The maximum absolute atomic E-state index is 3.36. The van der Waals surface area contributed by atoms with Crippen LogP contribution in [0.4, 0.5) is 0 Å². The van der Waals surface area contributed by atoms with E-state index in [0.29, 0.717) is 0 Å². The fraction of sp³-hybridized carbons (Fsp3) is 0.250. The second-order valence-electron chi connectivity index (χ2n) is 3.91. The molecule has 1 aliphatic rings. The summed E-state index contributed by atoms with van der Waals surface area (Å²) < 4.78 is 0. The monoisotopic (exact) mass is 212 g/mol. The van der Waals surface area contributed by atoms with Gasteiger partial charge in [-0.2, -0.15) is 0 Å². The predicted octanol–water partition coefficient (Wildman–Crippen LogP) is 4.92. The van der Waals surface area contributed by atoms with Gasteiger partial charge in [-0.15, -0.1) is 6.58 Å². The Kier molecular flexibility index (Phi) is 5.35. The fourth-order valence-electron chi connectivity index (χ4n) is 1.57. The highest BCUT2D eigenvalue weighted by molar-refractivity contribution is 5.74. The standard InChI is InChI=1S/C13H14.C3H6/c1-11-7-9-13(10-8-11)12-5-3-2-4-6-12;1-3-2/h3,5-10H,2,4H2,1H3;3H,1H2,2H3. The Morgan fingerprint density at radius 3 is 2.25 bits per heavy atom. The normalized spacial score (nSPS) is 13.5. The molecule has 0 radical (unpaired) electrons. The van der Waals surface area contributed by atoms with Crippen molar-refractivity contribution in [2.45, 2.75) is 26.7 Å². The summed E-state index contributed by atoms with van der Waals surface area (Å²) in [6, 6.07) is 8.71. The Balaban J connectivity index is 0.000000386. The van der Waals surface area contributed by atoms with Gasteiger partial charge in [0, 0.05) is 0 Å². The van der Waals surface area contributed by atoms with Gasteiger partial charge in [0.15, 0.2) is 0 Å². The molecule has 0 nitrogen and oxygen atoms in total. The molecule has 0 N–H and O–H groups in total. The van der Waals surface area contributed by atoms with E-state index < -0.39 is 0 Å². The molecule has 0 unspecified atom stereocenters. The van der Waals surface area contributed by atoms with E-state index in [4.69, 9.17) is 0 Å². The molecule has 1 aliphatic carbocycles. The molecule has 1 aromatic rings. The molecule has 2 rings (SSSR count). The van der Waals surface area contributed by atoms with E-state index in [-0.39, 0.29) is 0 Å². The Morgan fingerprint density at radius 1 is 1.12 bits per heavy atom. The highest BCUT2D eigenvalue weighted by Gasteiger charge is 1.99. The van der Waals surface area contributed by atoms with Gasteiger partial charge < -0.3 is 0 Å². The van der Waals surface area contributed by atoms with E-state index in [9.17, 15) is 0 Å². The molecule has 0 bridgehead atoms. The smallest absolute Gasteiger partial charge is 0.0187 e. The number of rotatable bonds is 1. The minimum absolute atomic E-state index is 1.18. The minimum atomic E-state index is 1.18. The van der Waals surface area contributed by atoms with E-state index in [1.54, 1.807) is 6.08 Å². The lowest BCUT2D eigenvalue weighted by Crippen LogP contribution is -1.85. The second kappa shape index (κ2) is 6.84. The molecule has 0 spiro atoms. The van der Waals surface area contributed by atoms with Gasteiger partial charge in [0.2, 0.25) is 0 Å². The average Bonchev–Trinajstić information content (AvgIpc) is 2.32. The van der Waals surface area contributed by atoms with Crippen LogP contribution in [0.2, 0.25) is 0 Å². The van der Waals surface area contributed by atoms with Crippen molar-refractivity contribution in [2.24, 2.45) is 0 Å². The molecule has 0 heteroatoms. The number of benzene rings is 1. The third-order valence-corrected chi connectivity index (χ3v) is 2.38. The first-order chi connectivity index (χ1) is 7.77. The Bertz CT molecular complexity index is 377. The summed E-state index contributed by atoms with van der Waals surface area (Å²) in [7, 11) is 0. The number of aryl methyl sites for hydroxylation is 1. The topological polar surface area (TPSA) is 0 Å². The van der Waals surface area contributed by atoms with Gasteiger partial charge >= 0.3 is 0 Å². The molecule has 0 saturated heterocycles. The van der Waals surface area contributed by atoms with Crippen LogP contribution >= 0.6 is 0 Å². The van der Waals surface area contributed by atoms with Crippen LogP contribution in [-0.4, -0.2) is 0 Å². The summed E-state index contributed by atoms with van der Waals surface area (Å²) >= 11 is 0. The van der Waals surface area contributed by atoms with Crippen LogP contribution in [0.15, 0.2) is 55.1 Å². The Labute approximate surface area is 99.0 Å². The van der Waals surface area contributed by atoms with Crippen molar-refractivity contribution in [3.05, 3.63) is 66.3 Å². The van der Waals surface area contributed by atoms with Crippen molar-refractivity contribution in [2.75, 3.05) is 0 Å². The maximum atomic E-state index is 3.36. The second-order valence-corrected chi connectivity index (χ2v) is 3.91. The zero-order valence-corrected chi connectivity index (χ0v) is 10.2. The lowest BCUT2D eigenvalue weighted by Gasteiger charge is -2.06. The van der Waals surface area contributed by atoms with Crippen molar-refractivity contribution >= 4 is 5.57 Å². The van der Waals surface area contributed by atoms with E-state index in [1.807, 2.05) is 6.92 Å². The Hall–Kier alpha value is -1.56. The van der Waals surface area contributed by atoms with Gasteiger partial charge in [-0.1, -0.05) is 54.1 Å². The fourth-order valence-corrected chi connectivity index (χ4v) is 1.57. The maximum Gasteiger partial charge on any atom is -0.0187 e.